The third-order valence-corrected chi connectivity index (χ3v) is 9.95. The average molecular weight is 494 g/mol. The number of sulfonamides is 2. The largest absolute Gasteiger partial charge is 0.322 e. The molecule has 1 aliphatic heterocycles. The Morgan fingerprint density at radius 2 is 1.61 bits per heavy atom. The highest BCUT2D eigenvalue weighted by Crippen LogP contribution is 2.27. The molecule has 3 rings (SSSR count). The van der Waals surface area contributed by atoms with Crippen molar-refractivity contribution in [3.8, 4) is 0 Å². The van der Waals surface area contributed by atoms with E-state index in [0.29, 0.717) is 31.9 Å². The van der Waals surface area contributed by atoms with E-state index >= 15 is 0 Å². The van der Waals surface area contributed by atoms with Gasteiger partial charge in [-0.05, 0) is 68.1 Å². The molecule has 1 fully saturated rings. The van der Waals surface area contributed by atoms with Crippen LogP contribution in [-0.2, 0) is 20.0 Å². The molecule has 1 amide bonds. The number of amides is 1. The van der Waals surface area contributed by atoms with Crippen LogP contribution >= 0.6 is 0 Å². The molecule has 10 heteroatoms. The zero-order valence-corrected chi connectivity index (χ0v) is 21.1. The van der Waals surface area contributed by atoms with Gasteiger partial charge in [-0.15, -0.1) is 0 Å². The quantitative estimate of drug-likeness (QED) is 0.607. The van der Waals surface area contributed by atoms with E-state index in [0.717, 1.165) is 24.0 Å². The van der Waals surface area contributed by atoms with Gasteiger partial charge in [0, 0.05) is 37.4 Å². The van der Waals surface area contributed by atoms with Gasteiger partial charge in [0.25, 0.3) is 5.91 Å². The second kappa shape index (κ2) is 9.92. The van der Waals surface area contributed by atoms with E-state index in [-0.39, 0.29) is 15.4 Å². The van der Waals surface area contributed by atoms with E-state index in [1.54, 1.807) is 33.8 Å². The molecule has 1 heterocycles. The molecule has 2 aromatic carbocycles. The van der Waals surface area contributed by atoms with Gasteiger partial charge < -0.3 is 5.32 Å². The zero-order chi connectivity index (χ0) is 24.4. The van der Waals surface area contributed by atoms with Crippen molar-refractivity contribution >= 4 is 31.6 Å². The van der Waals surface area contributed by atoms with Crippen LogP contribution in [0.5, 0.6) is 0 Å². The standard InChI is InChI=1S/C23H31N3O5S2/c1-5-25(6-2)33(30,31)21-14-17(3)18(4)22(16-21)24-23(27)19-10-9-11-20(15-19)32(28,29)26-12-7-8-13-26/h9-11,14-16H,5-8,12-13H2,1-4H3,(H,24,27). The van der Waals surface area contributed by atoms with Crippen molar-refractivity contribution in [3.05, 3.63) is 53.1 Å². The second-order valence-corrected chi connectivity index (χ2v) is 12.0. The SMILES string of the molecule is CCN(CC)S(=O)(=O)c1cc(C)c(C)c(NC(=O)c2cccc(S(=O)(=O)N3CCCC3)c2)c1. The molecule has 33 heavy (non-hydrogen) atoms. The lowest BCUT2D eigenvalue weighted by Crippen LogP contribution is -2.30. The van der Waals surface area contributed by atoms with Gasteiger partial charge in [-0.2, -0.15) is 8.61 Å². The number of hydrogen-bond acceptors (Lipinski definition) is 5. The minimum Gasteiger partial charge on any atom is -0.322 e. The number of carbonyl (C=O) groups is 1. The maximum atomic E-state index is 13.0. The third-order valence-electron chi connectivity index (χ3n) is 6.03. The van der Waals surface area contributed by atoms with Gasteiger partial charge in [0.2, 0.25) is 20.0 Å². The molecule has 0 spiro atoms. The summed E-state index contributed by atoms with van der Waals surface area (Å²) in [6.07, 6.45) is 1.65. The molecule has 180 valence electrons. The van der Waals surface area contributed by atoms with Gasteiger partial charge in [0.15, 0.2) is 0 Å². The third kappa shape index (κ3) is 5.13. The molecule has 8 nitrogen and oxygen atoms in total. The molecule has 0 aliphatic carbocycles. The predicted octanol–water partition coefficient (Wildman–Crippen LogP) is 3.37. The molecular formula is C23H31N3O5S2. The number of nitrogens with one attached hydrogen (secondary N) is 1. The van der Waals surface area contributed by atoms with E-state index in [4.69, 9.17) is 0 Å². The van der Waals surface area contributed by atoms with Gasteiger partial charge in [0.05, 0.1) is 9.79 Å². The molecule has 0 bridgehead atoms. The first-order chi connectivity index (χ1) is 15.5. The fourth-order valence-electron chi connectivity index (χ4n) is 3.89. The number of rotatable bonds is 8. The van der Waals surface area contributed by atoms with Crippen LogP contribution in [0.3, 0.4) is 0 Å². The van der Waals surface area contributed by atoms with E-state index < -0.39 is 26.0 Å². The lowest BCUT2D eigenvalue weighted by atomic mass is 10.1. The van der Waals surface area contributed by atoms with Crippen LogP contribution in [0.25, 0.3) is 0 Å². The minimum atomic E-state index is -3.70. The molecule has 0 radical (unpaired) electrons. The van der Waals surface area contributed by atoms with Crippen LogP contribution in [-0.4, -0.2) is 57.5 Å². The number of anilines is 1. The van der Waals surface area contributed by atoms with Crippen LogP contribution in [0, 0.1) is 13.8 Å². The Bertz CT molecular complexity index is 1250. The van der Waals surface area contributed by atoms with E-state index in [1.165, 1.54) is 38.9 Å². The Labute approximate surface area is 196 Å². The first-order valence-electron chi connectivity index (χ1n) is 11.0. The average Bonchev–Trinajstić information content (AvgIpc) is 3.33. The number of hydrogen-bond donors (Lipinski definition) is 1. The Hall–Kier alpha value is -2.27. The maximum Gasteiger partial charge on any atom is 0.255 e. The fraction of sp³-hybridized carbons (Fsp3) is 0.435. The lowest BCUT2D eigenvalue weighted by molar-refractivity contribution is 0.102. The van der Waals surface area contributed by atoms with Gasteiger partial charge in [-0.1, -0.05) is 19.9 Å². The fourth-order valence-corrected chi connectivity index (χ4v) is 7.02. The summed E-state index contributed by atoms with van der Waals surface area (Å²) in [4.78, 5) is 13.2. The Morgan fingerprint density at radius 3 is 2.21 bits per heavy atom. The summed E-state index contributed by atoms with van der Waals surface area (Å²) < 4.78 is 54.5. The van der Waals surface area contributed by atoms with Crippen molar-refractivity contribution < 1.29 is 21.6 Å². The van der Waals surface area contributed by atoms with E-state index in [1.807, 2.05) is 0 Å². The number of nitrogens with zero attached hydrogens (tertiary/aromatic N) is 2. The molecule has 0 atom stereocenters. The zero-order valence-electron chi connectivity index (χ0n) is 19.5. The molecular weight excluding hydrogens is 462 g/mol. The van der Waals surface area contributed by atoms with Crippen LogP contribution in [0.4, 0.5) is 5.69 Å². The summed E-state index contributed by atoms with van der Waals surface area (Å²) >= 11 is 0. The summed E-state index contributed by atoms with van der Waals surface area (Å²) in [5.41, 5.74) is 2.02. The lowest BCUT2D eigenvalue weighted by Gasteiger charge is -2.20. The Kier molecular flexibility index (Phi) is 7.62. The molecule has 1 N–H and O–H groups in total. The molecule has 2 aromatic rings. The molecule has 1 aliphatic rings. The van der Waals surface area contributed by atoms with Crippen molar-refractivity contribution in [2.75, 3.05) is 31.5 Å². The first-order valence-corrected chi connectivity index (χ1v) is 13.9. The molecule has 0 unspecified atom stereocenters. The van der Waals surface area contributed by atoms with Crippen LogP contribution in [0.15, 0.2) is 46.2 Å². The summed E-state index contributed by atoms with van der Waals surface area (Å²) in [6.45, 7) is 8.76. The topological polar surface area (TPSA) is 104 Å². The van der Waals surface area contributed by atoms with E-state index in [9.17, 15) is 21.6 Å². The molecule has 0 saturated carbocycles. The summed E-state index contributed by atoms with van der Waals surface area (Å²) in [7, 11) is -7.36. The summed E-state index contributed by atoms with van der Waals surface area (Å²) in [5.74, 6) is -0.506. The first kappa shape index (κ1) is 25.4. The maximum absolute atomic E-state index is 13.0. The number of benzene rings is 2. The van der Waals surface area contributed by atoms with Gasteiger partial charge in [-0.3, -0.25) is 4.79 Å². The number of aryl methyl sites for hydroxylation is 1. The van der Waals surface area contributed by atoms with Crippen LogP contribution in [0.2, 0.25) is 0 Å². The van der Waals surface area contributed by atoms with Crippen LogP contribution < -0.4 is 5.32 Å². The highest BCUT2D eigenvalue weighted by atomic mass is 32.2. The van der Waals surface area contributed by atoms with Crippen molar-refractivity contribution in [3.63, 3.8) is 0 Å². The van der Waals surface area contributed by atoms with Crippen molar-refractivity contribution in [2.24, 2.45) is 0 Å². The van der Waals surface area contributed by atoms with Gasteiger partial charge in [-0.25, -0.2) is 16.8 Å². The Morgan fingerprint density at radius 1 is 0.970 bits per heavy atom. The molecule has 1 saturated heterocycles. The predicted molar refractivity (Wildman–Crippen MR) is 128 cm³/mol. The van der Waals surface area contributed by atoms with Crippen molar-refractivity contribution in [1.29, 1.82) is 0 Å². The van der Waals surface area contributed by atoms with Crippen molar-refractivity contribution in [1.82, 2.24) is 8.61 Å². The minimum absolute atomic E-state index is 0.0721. The molecule has 0 aromatic heterocycles. The van der Waals surface area contributed by atoms with Gasteiger partial charge in [0.1, 0.15) is 0 Å². The smallest absolute Gasteiger partial charge is 0.255 e. The monoisotopic (exact) mass is 493 g/mol. The summed E-state index contributed by atoms with van der Waals surface area (Å²) in [6, 6.07) is 8.98. The normalized spacial score (nSPS) is 15.2. The number of carbonyl (C=O) groups excluding carboxylic acids is 1. The van der Waals surface area contributed by atoms with Crippen molar-refractivity contribution in [2.45, 2.75) is 50.3 Å². The summed E-state index contributed by atoms with van der Waals surface area (Å²) in [5, 5.41) is 2.77. The van der Waals surface area contributed by atoms with E-state index in [2.05, 4.69) is 5.32 Å². The highest BCUT2D eigenvalue weighted by molar-refractivity contribution is 7.89. The second-order valence-electron chi connectivity index (χ2n) is 8.10. The highest BCUT2D eigenvalue weighted by Gasteiger charge is 2.28. The Balaban J connectivity index is 1.93. The van der Waals surface area contributed by atoms with Gasteiger partial charge >= 0.3 is 0 Å². The van der Waals surface area contributed by atoms with Crippen LogP contribution in [0.1, 0.15) is 48.2 Å².